The number of carbonyl (C=O) groups excluding carboxylic acids is 3. The summed E-state index contributed by atoms with van der Waals surface area (Å²) >= 11 is 7.42. The summed E-state index contributed by atoms with van der Waals surface area (Å²) < 4.78 is 0. The first-order valence-electron chi connectivity index (χ1n) is 10.4. The van der Waals surface area contributed by atoms with Gasteiger partial charge in [-0.05, 0) is 73.6 Å². The lowest BCUT2D eigenvalue weighted by molar-refractivity contribution is -0.123. The lowest BCUT2D eigenvalue weighted by Gasteiger charge is -2.28. The zero-order valence-corrected chi connectivity index (χ0v) is 20.3. The third kappa shape index (κ3) is 3.20. The maximum absolute atomic E-state index is 13.2. The van der Waals surface area contributed by atoms with Gasteiger partial charge in [0.25, 0.3) is 5.91 Å². The summed E-state index contributed by atoms with van der Waals surface area (Å²) in [6, 6.07) is 12.5. The number of hydrogen-bond acceptors (Lipinski definition) is 3. The molecule has 1 aliphatic heterocycles. The average molecular weight is 546 g/mol. The monoisotopic (exact) mass is 544 g/mol. The molecule has 1 heterocycles. The lowest BCUT2D eigenvalue weighted by Crippen LogP contribution is -2.37. The number of hydrogen-bond donors (Lipinski definition) is 1. The second-order valence-electron chi connectivity index (χ2n) is 8.82. The van der Waals surface area contributed by atoms with Crippen LogP contribution in [0.25, 0.3) is 0 Å². The van der Waals surface area contributed by atoms with E-state index in [1.807, 2.05) is 32.0 Å². The topological polar surface area (TPSA) is 66.5 Å². The average Bonchev–Trinajstić information content (AvgIpc) is 3.35. The number of halogens is 2. The van der Waals surface area contributed by atoms with Crippen molar-refractivity contribution in [2.24, 2.45) is 23.7 Å². The predicted octanol–water partition coefficient (Wildman–Crippen LogP) is 4.84. The Kier molecular flexibility index (Phi) is 5.09. The molecule has 0 spiro atoms. The van der Waals surface area contributed by atoms with Crippen molar-refractivity contribution < 1.29 is 14.4 Å². The zero-order valence-electron chi connectivity index (χ0n) is 17.1. The molecule has 2 bridgehead atoms. The number of alkyl halides is 2. The minimum Gasteiger partial charge on any atom is -0.322 e. The summed E-state index contributed by atoms with van der Waals surface area (Å²) in [5.41, 5.74) is 3.84. The second-order valence-corrected chi connectivity index (χ2v) is 10.9. The number of carbonyl (C=O) groups is 3. The number of anilines is 2. The van der Waals surface area contributed by atoms with Gasteiger partial charge >= 0.3 is 0 Å². The highest BCUT2D eigenvalue weighted by molar-refractivity contribution is 9.12. The standard InChI is InChI=1S/C24H22Br2N2O3/c1-11-6-7-14(8-12(11)2)27-22(29)13-4-3-5-15(9-13)28-23(30)18-16-10-17(19(18)24(28)31)21(26)20(16)25/h3-9,16-21H,10H2,1-2H3,(H,27,29)/t16-,17-,18-,19+,20+,21+/m1/s1. The summed E-state index contributed by atoms with van der Waals surface area (Å²) in [6.45, 7) is 4.01. The van der Waals surface area contributed by atoms with Gasteiger partial charge in [0.05, 0.1) is 17.5 Å². The highest BCUT2D eigenvalue weighted by Crippen LogP contribution is 2.60. The first kappa shape index (κ1) is 20.9. The number of nitrogens with zero attached hydrogens (tertiary/aromatic N) is 1. The van der Waals surface area contributed by atoms with Gasteiger partial charge in [-0.25, -0.2) is 0 Å². The Morgan fingerprint density at radius 1 is 0.935 bits per heavy atom. The quantitative estimate of drug-likeness (QED) is 0.443. The Morgan fingerprint density at radius 2 is 1.58 bits per heavy atom. The van der Waals surface area contributed by atoms with Crippen molar-refractivity contribution in [3.8, 4) is 0 Å². The molecule has 1 N–H and O–H groups in total. The van der Waals surface area contributed by atoms with E-state index in [4.69, 9.17) is 0 Å². The maximum atomic E-state index is 13.2. The molecule has 5 rings (SSSR count). The van der Waals surface area contributed by atoms with Crippen LogP contribution in [0.4, 0.5) is 11.4 Å². The molecular formula is C24H22Br2N2O3. The van der Waals surface area contributed by atoms with Crippen LogP contribution in [0, 0.1) is 37.5 Å². The van der Waals surface area contributed by atoms with Crippen LogP contribution >= 0.6 is 31.9 Å². The largest absolute Gasteiger partial charge is 0.322 e. The van der Waals surface area contributed by atoms with Crippen molar-refractivity contribution in [2.45, 2.75) is 29.9 Å². The number of nitrogens with one attached hydrogen (secondary N) is 1. The smallest absolute Gasteiger partial charge is 0.255 e. The Labute approximate surface area is 197 Å². The van der Waals surface area contributed by atoms with Gasteiger partial charge in [-0.3, -0.25) is 19.3 Å². The van der Waals surface area contributed by atoms with Gasteiger partial charge in [0.1, 0.15) is 0 Å². The summed E-state index contributed by atoms with van der Waals surface area (Å²) in [5, 5.41) is 2.90. The van der Waals surface area contributed by atoms with Crippen molar-refractivity contribution in [1.29, 1.82) is 0 Å². The zero-order chi connectivity index (χ0) is 22.0. The Bertz CT molecular complexity index is 1090. The molecule has 0 unspecified atom stereocenters. The van der Waals surface area contributed by atoms with Crippen molar-refractivity contribution in [1.82, 2.24) is 0 Å². The molecule has 2 aliphatic carbocycles. The van der Waals surface area contributed by atoms with Crippen LogP contribution in [0.1, 0.15) is 27.9 Å². The van der Waals surface area contributed by atoms with Crippen molar-refractivity contribution in [3.63, 3.8) is 0 Å². The Hall–Kier alpha value is -1.99. The van der Waals surface area contributed by atoms with Gasteiger partial charge in [-0.15, -0.1) is 0 Å². The molecule has 2 aromatic carbocycles. The molecule has 3 amide bonds. The summed E-state index contributed by atoms with van der Waals surface area (Å²) in [5.74, 6) is -0.775. The van der Waals surface area contributed by atoms with E-state index in [-0.39, 0.29) is 51.0 Å². The van der Waals surface area contributed by atoms with Gasteiger partial charge in [0, 0.05) is 20.9 Å². The van der Waals surface area contributed by atoms with Gasteiger partial charge in [0.2, 0.25) is 11.8 Å². The minimum absolute atomic E-state index is 0.141. The molecule has 0 radical (unpaired) electrons. The fourth-order valence-corrected chi connectivity index (χ4v) is 7.29. The molecule has 2 saturated carbocycles. The van der Waals surface area contributed by atoms with E-state index >= 15 is 0 Å². The highest BCUT2D eigenvalue weighted by Gasteiger charge is 2.66. The molecule has 7 heteroatoms. The van der Waals surface area contributed by atoms with Crippen molar-refractivity contribution in [3.05, 3.63) is 59.2 Å². The number of imide groups is 1. The van der Waals surface area contributed by atoms with Gasteiger partial charge in [-0.1, -0.05) is 44.0 Å². The van der Waals surface area contributed by atoms with E-state index in [2.05, 4.69) is 37.2 Å². The van der Waals surface area contributed by atoms with E-state index < -0.39 is 0 Å². The van der Waals surface area contributed by atoms with Crippen molar-refractivity contribution >= 4 is 61.0 Å². The van der Waals surface area contributed by atoms with Crippen LogP contribution in [-0.4, -0.2) is 27.4 Å². The van der Waals surface area contributed by atoms with Crippen LogP contribution in [-0.2, 0) is 9.59 Å². The molecule has 1 saturated heterocycles. The number of rotatable bonds is 3. The SMILES string of the molecule is Cc1ccc(NC(=O)c2cccc(N3C(=O)[C@@H]4[C@H]5C[C@@H]([C@H](Br)[C@H]5Br)[C@@H]4C3=O)c2)cc1C. The van der Waals surface area contributed by atoms with Gasteiger partial charge in [0.15, 0.2) is 0 Å². The van der Waals surface area contributed by atoms with E-state index in [1.165, 1.54) is 4.90 Å². The molecule has 3 aliphatic rings. The molecule has 31 heavy (non-hydrogen) atoms. The van der Waals surface area contributed by atoms with Crippen LogP contribution in [0.5, 0.6) is 0 Å². The van der Waals surface area contributed by atoms with E-state index in [0.717, 1.165) is 17.5 Å². The molecule has 5 nitrogen and oxygen atoms in total. The van der Waals surface area contributed by atoms with E-state index in [9.17, 15) is 14.4 Å². The third-order valence-corrected chi connectivity index (χ3v) is 10.3. The lowest BCUT2D eigenvalue weighted by atomic mass is 9.81. The van der Waals surface area contributed by atoms with Gasteiger partial charge < -0.3 is 5.32 Å². The number of amides is 3. The molecule has 6 atom stereocenters. The fourth-order valence-electron chi connectivity index (χ4n) is 5.41. The molecule has 160 valence electrons. The summed E-state index contributed by atoms with van der Waals surface area (Å²) in [7, 11) is 0. The maximum Gasteiger partial charge on any atom is 0.255 e. The van der Waals surface area contributed by atoms with Crippen LogP contribution in [0.15, 0.2) is 42.5 Å². The van der Waals surface area contributed by atoms with E-state index in [0.29, 0.717) is 16.9 Å². The van der Waals surface area contributed by atoms with Crippen LogP contribution in [0.2, 0.25) is 0 Å². The minimum atomic E-state index is -0.274. The summed E-state index contributed by atoms with van der Waals surface area (Å²) in [6.07, 6.45) is 0.894. The molecular weight excluding hydrogens is 524 g/mol. The van der Waals surface area contributed by atoms with Crippen LogP contribution < -0.4 is 10.2 Å². The Morgan fingerprint density at radius 3 is 2.19 bits per heavy atom. The fraction of sp³-hybridized carbons (Fsp3) is 0.375. The number of fused-ring (bicyclic) bond motifs is 5. The molecule has 3 fully saturated rings. The Balaban J connectivity index is 1.40. The first-order chi connectivity index (χ1) is 14.8. The number of benzene rings is 2. The molecule has 2 aromatic rings. The summed E-state index contributed by atoms with van der Waals surface area (Å²) in [4.78, 5) is 41.0. The number of aryl methyl sites for hydroxylation is 2. The van der Waals surface area contributed by atoms with Gasteiger partial charge in [-0.2, -0.15) is 0 Å². The predicted molar refractivity (Wildman–Crippen MR) is 127 cm³/mol. The van der Waals surface area contributed by atoms with E-state index in [1.54, 1.807) is 24.3 Å². The van der Waals surface area contributed by atoms with Crippen molar-refractivity contribution in [2.75, 3.05) is 10.2 Å². The first-order valence-corrected chi connectivity index (χ1v) is 12.3. The molecule has 0 aromatic heterocycles. The highest BCUT2D eigenvalue weighted by atomic mass is 79.9. The normalized spacial score (nSPS) is 31.3. The van der Waals surface area contributed by atoms with Crippen LogP contribution in [0.3, 0.4) is 0 Å². The second kappa shape index (κ2) is 7.55. The third-order valence-electron chi connectivity index (χ3n) is 7.12.